The first-order valence-corrected chi connectivity index (χ1v) is 6.10. The molecule has 1 aromatic heterocycles. The average molecular weight is 268 g/mol. The zero-order valence-corrected chi connectivity index (χ0v) is 10.8. The first kappa shape index (κ1) is 12.3. The summed E-state index contributed by atoms with van der Waals surface area (Å²) in [7, 11) is 1.30. The van der Waals surface area contributed by atoms with Crippen molar-refractivity contribution in [1.82, 2.24) is 0 Å². The predicted molar refractivity (Wildman–Crippen MR) is 74.7 cm³/mol. The van der Waals surface area contributed by atoms with Crippen LogP contribution in [0.25, 0.3) is 22.1 Å². The van der Waals surface area contributed by atoms with Gasteiger partial charge in [0.2, 0.25) is 5.76 Å². The number of aromatic hydroxyl groups is 1. The molecule has 0 saturated carbocycles. The van der Waals surface area contributed by atoms with E-state index < -0.39 is 5.97 Å². The van der Waals surface area contributed by atoms with Crippen LogP contribution >= 0.6 is 0 Å². The number of phenolic OH excluding ortho intramolecular Hbond substituents is 1. The number of furan rings is 1. The lowest BCUT2D eigenvalue weighted by Crippen LogP contribution is -2.01. The maximum atomic E-state index is 11.9. The number of carbonyl (C=O) groups is 1. The summed E-state index contributed by atoms with van der Waals surface area (Å²) < 4.78 is 10.3. The van der Waals surface area contributed by atoms with E-state index in [4.69, 9.17) is 9.15 Å². The number of methoxy groups -OCH3 is 1. The molecule has 0 spiro atoms. The Labute approximate surface area is 115 Å². The van der Waals surface area contributed by atoms with Gasteiger partial charge >= 0.3 is 5.97 Å². The Morgan fingerprint density at radius 2 is 1.85 bits per heavy atom. The van der Waals surface area contributed by atoms with Crippen molar-refractivity contribution in [2.45, 2.75) is 0 Å². The molecule has 1 heterocycles. The summed E-state index contributed by atoms with van der Waals surface area (Å²) in [6, 6.07) is 14.2. The van der Waals surface area contributed by atoms with Gasteiger partial charge in [-0.15, -0.1) is 0 Å². The highest BCUT2D eigenvalue weighted by atomic mass is 16.5. The zero-order valence-electron chi connectivity index (χ0n) is 10.8. The van der Waals surface area contributed by atoms with E-state index in [-0.39, 0.29) is 11.5 Å². The van der Waals surface area contributed by atoms with E-state index >= 15 is 0 Å². The Balaban J connectivity index is 2.40. The van der Waals surface area contributed by atoms with Gasteiger partial charge in [0, 0.05) is 5.56 Å². The van der Waals surface area contributed by atoms with Crippen molar-refractivity contribution in [3.05, 3.63) is 54.3 Å². The Bertz CT molecular complexity index is 772. The lowest BCUT2D eigenvalue weighted by atomic mass is 10.0. The number of hydrogen-bond donors (Lipinski definition) is 1. The quantitative estimate of drug-likeness (QED) is 0.721. The van der Waals surface area contributed by atoms with Crippen molar-refractivity contribution in [1.29, 1.82) is 0 Å². The van der Waals surface area contributed by atoms with Crippen molar-refractivity contribution in [3.63, 3.8) is 0 Å². The molecule has 4 heteroatoms. The van der Waals surface area contributed by atoms with Crippen LogP contribution in [-0.2, 0) is 4.74 Å². The fraction of sp³-hybridized carbons (Fsp3) is 0.0625. The normalized spacial score (nSPS) is 10.7. The van der Waals surface area contributed by atoms with E-state index in [0.29, 0.717) is 16.5 Å². The minimum atomic E-state index is -0.570. The Hall–Kier alpha value is -2.75. The van der Waals surface area contributed by atoms with Gasteiger partial charge in [-0.2, -0.15) is 0 Å². The molecule has 100 valence electrons. The molecule has 0 aliphatic carbocycles. The Kier molecular flexibility index (Phi) is 2.91. The standard InChI is InChI=1S/C16H12O4/c1-19-16(18)15-13(10-6-3-2-4-7-10)14-11(17)8-5-9-12(14)20-15/h2-9,17H,1H3. The van der Waals surface area contributed by atoms with Crippen LogP contribution in [0.2, 0.25) is 0 Å². The van der Waals surface area contributed by atoms with Gasteiger partial charge in [0.05, 0.1) is 12.5 Å². The molecule has 0 atom stereocenters. The number of fused-ring (bicyclic) bond motifs is 1. The van der Waals surface area contributed by atoms with Crippen LogP contribution in [0, 0.1) is 0 Å². The summed E-state index contributed by atoms with van der Waals surface area (Å²) >= 11 is 0. The lowest BCUT2D eigenvalue weighted by molar-refractivity contribution is 0.0569. The first-order chi connectivity index (χ1) is 9.72. The van der Waals surface area contributed by atoms with E-state index in [0.717, 1.165) is 5.56 Å². The molecule has 2 aromatic carbocycles. The van der Waals surface area contributed by atoms with Gasteiger partial charge in [0.15, 0.2) is 0 Å². The maximum Gasteiger partial charge on any atom is 0.374 e. The van der Waals surface area contributed by atoms with Gasteiger partial charge in [0.1, 0.15) is 11.3 Å². The van der Waals surface area contributed by atoms with Crippen LogP contribution in [-0.4, -0.2) is 18.2 Å². The van der Waals surface area contributed by atoms with Crippen LogP contribution < -0.4 is 0 Å². The van der Waals surface area contributed by atoms with Crippen LogP contribution in [0.1, 0.15) is 10.6 Å². The van der Waals surface area contributed by atoms with E-state index in [1.54, 1.807) is 18.2 Å². The molecule has 0 aliphatic rings. The SMILES string of the molecule is COC(=O)c1oc2cccc(O)c2c1-c1ccccc1. The number of rotatable bonds is 2. The second kappa shape index (κ2) is 4.74. The van der Waals surface area contributed by atoms with E-state index in [2.05, 4.69) is 0 Å². The molecule has 0 amide bonds. The van der Waals surface area contributed by atoms with Crippen LogP contribution in [0.5, 0.6) is 5.75 Å². The molecule has 0 bridgehead atoms. The van der Waals surface area contributed by atoms with Gasteiger partial charge in [-0.3, -0.25) is 0 Å². The molecule has 0 unspecified atom stereocenters. The monoisotopic (exact) mass is 268 g/mol. The molecular formula is C16H12O4. The summed E-state index contributed by atoms with van der Waals surface area (Å²) in [6.45, 7) is 0. The van der Waals surface area contributed by atoms with Crippen molar-refractivity contribution >= 4 is 16.9 Å². The third kappa shape index (κ3) is 1.82. The summed E-state index contributed by atoms with van der Waals surface area (Å²) in [5, 5.41) is 10.6. The maximum absolute atomic E-state index is 11.9. The summed E-state index contributed by atoms with van der Waals surface area (Å²) in [5.41, 5.74) is 1.78. The number of ether oxygens (including phenoxy) is 1. The number of carbonyl (C=O) groups excluding carboxylic acids is 1. The fourth-order valence-corrected chi connectivity index (χ4v) is 2.25. The molecule has 20 heavy (non-hydrogen) atoms. The zero-order chi connectivity index (χ0) is 14.1. The molecule has 1 N–H and O–H groups in total. The van der Waals surface area contributed by atoms with Gasteiger partial charge in [0.25, 0.3) is 0 Å². The molecule has 3 aromatic rings. The molecule has 0 saturated heterocycles. The van der Waals surface area contributed by atoms with Gasteiger partial charge < -0.3 is 14.3 Å². The van der Waals surface area contributed by atoms with Crippen molar-refractivity contribution in [2.24, 2.45) is 0 Å². The van der Waals surface area contributed by atoms with E-state index in [9.17, 15) is 9.90 Å². The third-order valence-corrected chi connectivity index (χ3v) is 3.13. The second-order valence-electron chi connectivity index (χ2n) is 4.31. The highest BCUT2D eigenvalue weighted by molar-refractivity contribution is 6.08. The molecule has 4 nitrogen and oxygen atoms in total. The van der Waals surface area contributed by atoms with Crippen LogP contribution in [0.3, 0.4) is 0 Å². The summed E-state index contributed by atoms with van der Waals surface area (Å²) in [6.07, 6.45) is 0. The van der Waals surface area contributed by atoms with Gasteiger partial charge in [-0.1, -0.05) is 36.4 Å². The van der Waals surface area contributed by atoms with Gasteiger partial charge in [-0.05, 0) is 17.7 Å². The average Bonchev–Trinajstić information content (AvgIpc) is 2.88. The van der Waals surface area contributed by atoms with E-state index in [1.165, 1.54) is 7.11 Å². The minimum Gasteiger partial charge on any atom is -0.507 e. The highest BCUT2D eigenvalue weighted by Gasteiger charge is 2.24. The number of benzene rings is 2. The summed E-state index contributed by atoms with van der Waals surface area (Å²) in [4.78, 5) is 11.9. The van der Waals surface area contributed by atoms with Crippen LogP contribution in [0.15, 0.2) is 52.9 Å². The van der Waals surface area contributed by atoms with Crippen molar-refractivity contribution < 1.29 is 19.1 Å². The van der Waals surface area contributed by atoms with Crippen molar-refractivity contribution in [2.75, 3.05) is 7.11 Å². The predicted octanol–water partition coefficient (Wildman–Crippen LogP) is 3.59. The third-order valence-electron chi connectivity index (χ3n) is 3.13. The van der Waals surface area contributed by atoms with Crippen molar-refractivity contribution in [3.8, 4) is 16.9 Å². The number of esters is 1. The van der Waals surface area contributed by atoms with Gasteiger partial charge in [-0.25, -0.2) is 4.79 Å². The molecule has 0 fully saturated rings. The highest BCUT2D eigenvalue weighted by Crippen LogP contribution is 2.39. The molecular weight excluding hydrogens is 256 g/mol. The Morgan fingerprint density at radius 3 is 2.55 bits per heavy atom. The van der Waals surface area contributed by atoms with Crippen LogP contribution in [0.4, 0.5) is 0 Å². The Morgan fingerprint density at radius 1 is 1.10 bits per heavy atom. The molecule has 0 radical (unpaired) electrons. The fourth-order valence-electron chi connectivity index (χ4n) is 2.25. The first-order valence-electron chi connectivity index (χ1n) is 6.10. The second-order valence-corrected chi connectivity index (χ2v) is 4.31. The number of hydrogen-bond acceptors (Lipinski definition) is 4. The summed E-state index contributed by atoms with van der Waals surface area (Å²) in [5.74, 6) is -0.407. The van der Waals surface area contributed by atoms with E-state index in [1.807, 2.05) is 30.3 Å². The number of phenols is 1. The molecule has 0 aliphatic heterocycles. The molecule has 3 rings (SSSR count). The minimum absolute atomic E-state index is 0.0697. The smallest absolute Gasteiger partial charge is 0.374 e. The topological polar surface area (TPSA) is 59.7 Å². The lowest BCUT2D eigenvalue weighted by Gasteiger charge is -2.02. The largest absolute Gasteiger partial charge is 0.507 e.